The van der Waals surface area contributed by atoms with Gasteiger partial charge in [-0.2, -0.15) is 18.3 Å². The van der Waals surface area contributed by atoms with Crippen LogP contribution >= 0.6 is 46.4 Å². The van der Waals surface area contributed by atoms with Crippen LogP contribution in [0.1, 0.15) is 16.7 Å². The van der Waals surface area contributed by atoms with Gasteiger partial charge in [-0.15, -0.1) is 0 Å². The van der Waals surface area contributed by atoms with Gasteiger partial charge in [0, 0.05) is 6.20 Å². The number of hydrazone groups is 1. The first-order valence-corrected chi connectivity index (χ1v) is 10.0. The maximum absolute atomic E-state index is 12.5. The summed E-state index contributed by atoms with van der Waals surface area (Å²) in [6.45, 7) is 0.172. The van der Waals surface area contributed by atoms with Crippen molar-refractivity contribution in [3.8, 4) is 5.75 Å². The van der Waals surface area contributed by atoms with Crippen molar-refractivity contribution in [2.45, 2.75) is 12.8 Å². The molecule has 0 aliphatic rings. The SMILES string of the molecule is FC(F)(F)c1ccc(N/N=C\c2cc(Cl)c(OCc3ccc(Cl)c(Cl)c3)c(Cl)c2)nc1. The predicted molar refractivity (Wildman–Crippen MR) is 118 cm³/mol. The second-order valence-electron chi connectivity index (χ2n) is 6.15. The Morgan fingerprint density at radius 1 is 0.935 bits per heavy atom. The second-order valence-corrected chi connectivity index (χ2v) is 7.78. The van der Waals surface area contributed by atoms with Crippen LogP contribution in [0.3, 0.4) is 0 Å². The Morgan fingerprint density at radius 3 is 2.23 bits per heavy atom. The lowest BCUT2D eigenvalue weighted by Crippen LogP contribution is -2.05. The van der Waals surface area contributed by atoms with Crippen molar-refractivity contribution in [1.82, 2.24) is 4.98 Å². The highest BCUT2D eigenvalue weighted by Crippen LogP contribution is 2.35. The van der Waals surface area contributed by atoms with E-state index >= 15 is 0 Å². The van der Waals surface area contributed by atoms with Gasteiger partial charge in [0.2, 0.25) is 0 Å². The summed E-state index contributed by atoms with van der Waals surface area (Å²) < 4.78 is 43.3. The van der Waals surface area contributed by atoms with E-state index in [1.165, 1.54) is 12.3 Å². The van der Waals surface area contributed by atoms with Gasteiger partial charge in [-0.3, -0.25) is 5.43 Å². The summed E-state index contributed by atoms with van der Waals surface area (Å²) in [6.07, 6.45) is -2.35. The van der Waals surface area contributed by atoms with Gasteiger partial charge in [-0.1, -0.05) is 52.5 Å². The molecule has 0 aliphatic heterocycles. The molecule has 1 heterocycles. The van der Waals surface area contributed by atoms with E-state index in [1.54, 1.807) is 30.3 Å². The average molecular weight is 509 g/mol. The Balaban J connectivity index is 1.64. The van der Waals surface area contributed by atoms with E-state index in [0.29, 0.717) is 21.8 Å². The Morgan fingerprint density at radius 2 is 1.65 bits per heavy atom. The molecular weight excluding hydrogens is 497 g/mol. The average Bonchev–Trinajstić information content (AvgIpc) is 2.70. The van der Waals surface area contributed by atoms with E-state index in [2.05, 4.69) is 15.5 Å². The molecule has 0 radical (unpaired) electrons. The zero-order valence-corrected chi connectivity index (χ0v) is 18.4. The summed E-state index contributed by atoms with van der Waals surface area (Å²) in [7, 11) is 0. The number of nitrogens with zero attached hydrogens (tertiary/aromatic N) is 2. The number of pyridine rings is 1. The Hall–Kier alpha value is -2.19. The number of halogens is 7. The molecular formula is C20H12Cl4F3N3O. The van der Waals surface area contributed by atoms with Gasteiger partial charge in [-0.05, 0) is 47.5 Å². The number of aromatic nitrogens is 1. The van der Waals surface area contributed by atoms with E-state index in [-0.39, 0.29) is 28.2 Å². The molecule has 0 saturated carbocycles. The first-order chi connectivity index (χ1) is 14.6. The van der Waals surface area contributed by atoms with Gasteiger partial charge >= 0.3 is 6.18 Å². The van der Waals surface area contributed by atoms with Crippen LogP contribution in [-0.4, -0.2) is 11.2 Å². The number of alkyl halides is 3. The highest BCUT2D eigenvalue weighted by Gasteiger charge is 2.30. The van der Waals surface area contributed by atoms with Crippen molar-refractivity contribution in [3.63, 3.8) is 0 Å². The van der Waals surface area contributed by atoms with Gasteiger partial charge in [0.1, 0.15) is 12.4 Å². The molecule has 0 unspecified atom stereocenters. The maximum atomic E-state index is 12.5. The fourth-order valence-electron chi connectivity index (χ4n) is 2.38. The summed E-state index contributed by atoms with van der Waals surface area (Å²) >= 11 is 24.4. The van der Waals surface area contributed by atoms with E-state index in [1.807, 2.05) is 0 Å². The van der Waals surface area contributed by atoms with E-state index in [0.717, 1.165) is 11.6 Å². The van der Waals surface area contributed by atoms with Crippen molar-refractivity contribution < 1.29 is 17.9 Å². The summed E-state index contributed by atoms with van der Waals surface area (Å²) in [4.78, 5) is 3.66. The minimum Gasteiger partial charge on any atom is -0.486 e. The molecule has 0 saturated heterocycles. The molecule has 1 aromatic heterocycles. The van der Waals surface area contributed by atoms with Crippen LogP contribution < -0.4 is 10.2 Å². The van der Waals surface area contributed by atoms with Gasteiger partial charge in [0.25, 0.3) is 0 Å². The fraction of sp³-hybridized carbons (Fsp3) is 0.100. The molecule has 3 aromatic rings. The molecule has 0 atom stereocenters. The van der Waals surface area contributed by atoms with Crippen LogP contribution in [0.15, 0.2) is 53.8 Å². The largest absolute Gasteiger partial charge is 0.486 e. The van der Waals surface area contributed by atoms with Crippen molar-refractivity contribution in [2.24, 2.45) is 5.10 Å². The molecule has 0 aliphatic carbocycles. The van der Waals surface area contributed by atoms with Crippen molar-refractivity contribution >= 4 is 58.4 Å². The second kappa shape index (κ2) is 9.96. The first-order valence-electron chi connectivity index (χ1n) is 8.51. The number of ether oxygens (including phenoxy) is 1. The molecule has 0 bridgehead atoms. The molecule has 4 nitrogen and oxygen atoms in total. The van der Waals surface area contributed by atoms with Gasteiger partial charge in [0.15, 0.2) is 5.75 Å². The summed E-state index contributed by atoms with van der Waals surface area (Å²) in [5, 5.41) is 5.27. The molecule has 2 aromatic carbocycles. The lowest BCUT2D eigenvalue weighted by molar-refractivity contribution is -0.137. The van der Waals surface area contributed by atoms with Crippen LogP contribution in [-0.2, 0) is 12.8 Å². The Kier molecular flexibility index (Phi) is 7.54. The topological polar surface area (TPSA) is 46.5 Å². The summed E-state index contributed by atoms with van der Waals surface area (Å²) in [6, 6.07) is 10.3. The Labute approximate surface area is 195 Å². The van der Waals surface area contributed by atoms with Crippen molar-refractivity contribution in [3.05, 3.63) is 85.4 Å². The number of benzene rings is 2. The van der Waals surface area contributed by atoms with Gasteiger partial charge in [0.05, 0.1) is 31.9 Å². The van der Waals surface area contributed by atoms with Crippen molar-refractivity contribution in [2.75, 3.05) is 5.43 Å². The Bertz CT molecular complexity index is 1080. The van der Waals surface area contributed by atoms with Gasteiger partial charge in [-0.25, -0.2) is 4.98 Å². The minimum atomic E-state index is -4.45. The standard InChI is InChI=1S/C20H12Cl4F3N3O/c21-14-3-1-11(5-15(14)22)10-31-19-16(23)6-12(7-17(19)24)8-29-30-18-4-2-13(9-28-18)20(25,26)27/h1-9H,10H2,(H,28,30)/b29-8-. The number of anilines is 1. The first kappa shape index (κ1) is 23.5. The van der Waals surface area contributed by atoms with E-state index < -0.39 is 11.7 Å². The summed E-state index contributed by atoms with van der Waals surface area (Å²) in [5.41, 5.74) is 3.00. The molecule has 162 valence electrons. The third kappa shape index (κ3) is 6.40. The zero-order chi connectivity index (χ0) is 22.6. The molecule has 3 rings (SSSR count). The van der Waals surface area contributed by atoms with Crippen LogP contribution in [0.2, 0.25) is 20.1 Å². The van der Waals surface area contributed by atoms with Crippen molar-refractivity contribution in [1.29, 1.82) is 0 Å². The monoisotopic (exact) mass is 507 g/mol. The highest BCUT2D eigenvalue weighted by molar-refractivity contribution is 6.42. The molecule has 0 amide bonds. The molecule has 0 spiro atoms. The smallest absolute Gasteiger partial charge is 0.417 e. The van der Waals surface area contributed by atoms with E-state index in [9.17, 15) is 13.2 Å². The van der Waals surface area contributed by atoms with E-state index in [4.69, 9.17) is 51.1 Å². The quantitative estimate of drug-likeness (QED) is 0.273. The summed E-state index contributed by atoms with van der Waals surface area (Å²) in [5.74, 6) is 0.423. The van der Waals surface area contributed by atoms with Crippen LogP contribution in [0.5, 0.6) is 5.75 Å². The lowest BCUT2D eigenvalue weighted by atomic mass is 10.2. The third-order valence-electron chi connectivity index (χ3n) is 3.87. The van der Waals surface area contributed by atoms with Crippen LogP contribution in [0.25, 0.3) is 0 Å². The zero-order valence-electron chi connectivity index (χ0n) is 15.4. The number of hydrogen-bond donors (Lipinski definition) is 1. The molecule has 0 fully saturated rings. The molecule has 1 N–H and O–H groups in total. The normalized spacial score (nSPS) is 11.7. The number of hydrogen-bond acceptors (Lipinski definition) is 4. The minimum absolute atomic E-state index is 0.142. The fourth-order valence-corrected chi connectivity index (χ4v) is 3.31. The highest BCUT2D eigenvalue weighted by atomic mass is 35.5. The number of nitrogens with one attached hydrogen (secondary N) is 1. The molecule has 31 heavy (non-hydrogen) atoms. The molecule has 11 heteroatoms. The van der Waals surface area contributed by atoms with Crippen LogP contribution in [0, 0.1) is 0 Å². The number of rotatable bonds is 6. The maximum Gasteiger partial charge on any atom is 0.417 e. The predicted octanol–water partition coefficient (Wildman–Crippen LogP) is 7.74. The van der Waals surface area contributed by atoms with Crippen LogP contribution in [0.4, 0.5) is 19.0 Å². The van der Waals surface area contributed by atoms with Gasteiger partial charge < -0.3 is 4.74 Å². The third-order valence-corrected chi connectivity index (χ3v) is 5.17. The lowest BCUT2D eigenvalue weighted by Gasteiger charge is -2.11.